The van der Waals surface area contributed by atoms with Crippen LogP contribution in [0.25, 0.3) is 0 Å². The largest absolute Gasteiger partial charge is 0.460 e. The van der Waals surface area contributed by atoms with Gasteiger partial charge in [-0.2, -0.15) is 0 Å². The molecule has 1 aliphatic rings. The Morgan fingerprint density at radius 1 is 1.33 bits per heavy atom. The molecular formula is C13H21N5O3. The molecule has 1 aromatic rings. The van der Waals surface area contributed by atoms with E-state index in [0.29, 0.717) is 0 Å². The maximum atomic E-state index is 12.0. The number of carbonyl (C=O) groups is 2. The number of aromatic nitrogens is 4. The van der Waals surface area contributed by atoms with Crippen molar-refractivity contribution < 1.29 is 14.3 Å². The average molecular weight is 295 g/mol. The number of nitrogens with zero attached hydrogens (tertiary/aromatic N) is 4. The summed E-state index contributed by atoms with van der Waals surface area (Å²) in [5, 5.41) is 13.6. The van der Waals surface area contributed by atoms with E-state index < -0.39 is 5.97 Å². The first-order chi connectivity index (χ1) is 10.1. The highest BCUT2D eigenvalue weighted by Gasteiger charge is 2.22. The maximum Gasteiger partial charge on any atom is 0.378 e. The van der Waals surface area contributed by atoms with Crippen molar-refractivity contribution in [2.75, 3.05) is 6.61 Å². The molecule has 1 saturated carbocycles. The van der Waals surface area contributed by atoms with Crippen LogP contribution >= 0.6 is 0 Å². The zero-order chi connectivity index (χ0) is 15.2. The highest BCUT2D eigenvalue weighted by atomic mass is 16.5. The number of hydrogen-bond acceptors (Lipinski definition) is 6. The van der Waals surface area contributed by atoms with Gasteiger partial charge >= 0.3 is 5.97 Å². The monoisotopic (exact) mass is 295 g/mol. The van der Waals surface area contributed by atoms with E-state index in [0.717, 1.165) is 31.6 Å². The van der Waals surface area contributed by atoms with Gasteiger partial charge in [0.25, 0.3) is 5.82 Å². The minimum Gasteiger partial charge on any atom is -0.460 e. The second kappa shape index (κ2) is 7.14. The van der Waals surface area contributed by atoms with Crippen LogP contribution in [0.5, 0.6) is 0 Å². The summed E-state index contributed by atoms with van der Waals surface area (Å²) >= 11 is 0. The van der Waals surface area contributed by atoms with Gasteiger partial charge in [-0.25, -0.2) is 9.48 Å². The average Bonchev–Trinajstić information content (AvgIpc) is 2.90. The van der Waals surface area contributed by atoms with Gasteiger partial charge in [-0.15, -0.1) is 5.10 Å². The van der Waals surface area contributed by atoms with Crippen molar-refractivity contribution in [2.45, 2.75) is 52.1 Å². The van der Waals surface area contributed by atoms with E-state index in [1.165, 1.54) is 4.68 Å². The van der Waals surface area contributed by atoms with Gasteiger partial charge in [0.15, 0.2) is 0 Å². The third-order valence-corrected chi connectivity index (χ3v) is 3.66. The molecule has 1 amide bonds. The van der Waals surface area contributed by atoms with E-state index in [1.54, 1.807) is 6.92 Å². The molecule has 1 N–H and O–H groups in total. The number of ether oxygens (including phenoxy) is 1. The minimum absolute atomic E-state index is 0.0516. The van der Waals surface area contributed by atoms with Gasteiger partial charge in [0.2, 0.25) is 5.91 Å². The van der Waals surface area contributed by atoms with Crippen LogP contribution in [0.1, 0.15) is 50.1 Å². The molecule has 0 bridgehead atoms. The van der Waals surface area contributed by atoms with E-state index >= 15 is 0 Å². The number of esters is 1. The SMILES string of the molecule is CCOC(=O)c1nnnn1CC(=O)NC1CCC(C)CC1. The van der Waals surface area contributed by atoms with Crippen molar-refractivity contribution in [1.29, 1.82) is 0 Å². The molecule has 0 unspecified atom stereocenters. The van der Waals surface area contributed by atoms with Crippen LogP contribution in [-0.4, -0.2) is 44.7 Å². The maximum absolute atomic E-state index is 12.0. The highest BCUT2D eigenvalue weighted by Crippen LogP contribution is 2.23. The van der Waals surface area contributed by atoms with E-state index in [2.05, 4.69) is 27.8 Å². The third kappa shape index (κ3) is 4.24. The first-order valence-corrected chi connectivity index (χ1v) is 7.32. The lowest BCUT2D eigenvalue weighted by atomic mass is 9.87. The summed E-state index contributed by atoms with van der Waals surface area (Å²) in [5.41, 5.74) is 0. The van der Waals surface area contributed by atoms with E-state index in [-0.39, 0.29) is 30.9 Å². The topological polar surface area (TPSA) is 99.0 Å². The van der Waals surface area contributed by atoms with Gasteiger partial charge < -0.3 is 10.1 Å². The Kier molecular flexibility index (Phi) is 5.24. The first kappa shape index (κ1) is 15.4. The molecule has 8 heteroatoms. The van der Waals surface area contributed by atoms with Crippen molar-refractivity contribution in [2.24, 2.45) is 5.92 Å². The Morgan fingerprint density at radius 3 is 2.71 bits per heavy atom. The van der Waals surface area contributed by atoms with Crippen LogP contribution in [0.2, 0.25) is 0 Å². The molecular weight excluding hydrogens is 274 g/mol. The summed E-state index contributed by atoms with van der Waals surface area (Å²) in [4.78, 5) is 23.6. The van der Waals surface area contributed by atoms with Gasteiger partial charge in [0.05, 0.1) is 6.61 Å². The number of tetrazole rings is 1. The molecule has 21 heavy (non-hydrogen) atoms. The normalized spacial score (nSPS) is 21.8. The van der Waals surface area contributed by atoms with Crippen molar-refractivity contribution in [1.82, 2.24) is 25.5 Å². The highest BCUT2D eigenvalue weighted by molar-refractivity contribution is 5.86. The Balaban J connectivity index is 1.88. The molecule has 116 valence electrons. The summed E-state index contributed by atoms with van der Waals surface area (Å²) in [6.45, 7) is 4.08. The lowest BCUT2D eigenvalue weighted by Gasteiger charge is -2.26. The Morgan fingerprint density at radius 2 is 2.05 bits per heavy atom. The minimum atomic E-state index is -0.623. The molecule has 0 aliphatic heterocycles. The summed E-state index contributed by atoms with van der Waals surface area (Å²) in [7, 11) is 0. The number of rotatable bonds is 5. The molecule has 0 saturated heterocycles. The predicted octanol–water partition coefficient (Wildman–Crippen LogP) is 0.545. The summed E-state index contributed by atoms with van der Waals surface area (Å²) < 4.78 is 6.00. The fraction of sp³-hybridized carbons (Fsp3) is 0.769. The van der Waals surface area contributed by atoms with E-state index in [4.69, 9.17) is 4.74 Å². The van der Waals surface area contributed by atoms with E-state index in [9.17, 15) is 9.59 Å². The molecule has 0 radical (unpaired) electrons. The zero-order valence-corrected chi connectivity index (χ0v) is 12.4. The molecule has 0 spiro atoms. The number of nitrogens with one attached hydrogen (secondary N) is 1. The predicted molar refractivity (Wildman–Crippen MR) is 73.3 cm³/mol. The Bertz CT molecular complexity index is 494. The fourth-order valence-corrected chi connectivity index (χ4v) is 2.47. The lowest BCUT2D eigenvalue weighted by Crippen LogP contribution is -2.39. The van der Waals surface area contributed by atoms with Crippen molar-refractivity contribution in [3.8, 4) is 0 Å². The summed E-state index contributed by atoms with van der Waals surface area (Å²) in [6.07, 6.45) is 4.24. The summed E-state index contributed by atoms with van der Waals surface area (Å²) in [5.74, 6) is -0.133. The number of carbonyl (C=O) groups excluding carboxylic acids is 2. The van der Waals surface area contributed by atoms with E-state index in [1.807, 2.05) is 0 Å². The molecule has 1 aliphatic carbocycles. The van der Waals surface area contributed by atoms with Crippen LogP contribution in [-0.2, 0) is 16.1 Å². The second-order valence-electron chi connectivity index (χ2n) is 5.40. The lowest BCUT2D eigenvalue weighted by molar-refractivity contribution is -0.122. The van der Waals surface area contributed by atoms with Crippen LogP contribution < -0.4 is 5.32 Å². The van der Waals surface area contributed by atoms with Crippen LogP contribution in [0.4, 0.5) is 0 Å². The molecule has 0 aromatic carbocycles. The molecule has 1 fully saturated rings. The van der Waals surface area contributed by atoms with Crippen molar-refractivity contribution in [3.05, 3.63) is 5.82 Å². The fourth-order valence-electron chi connectivity index (χ4n) is 2.47. The van der Waals surface area contributed by atoms with Crippen LogP contribution in [0.15, 0.2) is 0 Å². The van der Waals surface area contributed by atoms with Gasteiger partial charge in [-0.3, -0.25) is 4.79 Å². The Labute approximate surface area is 123 Å². The van der Waals surface area contributed by atoms with Crippen molar-refractivity contribution in [3.63, 3.8) is 0 Å². The van der Waals surface area contributed by atoms with Crippen LogP contribution in [0, 0.1) is 5.92 Å². The van der Waals surface area contributed by atoms with Gasteiger partial charge in [0.1, 0.15) is 6.54 Å². The van der Waals surface area contributed by atoms with Crippen molar-refractivity contribution >= 4 is 11.9 Å². The van der Waals surface area contributed by atoms with Gasteiger partial charge in [-0.1, -0.05) is 6.92 Å². The standard InChI is InChI=1S/C13H21N5O3/c1-3-21-13(20)12-15-16-17-18(12)8-11(19)14-10-6-4-9(2)5-7-10/h9-10H,3-8H2,1-2H3,(H,14,19). The van der Waals surface area contributed by atoms with Gasteiger partial charge in [-0.05, 0) is 49.0 Å². The first-order valence-electron chi connectivity index (χ1n) is 7.32. The molecule has 1 aromatic heterocycles. The van der Waals surface area contributed by atoms with Crippen LogP contribution in [0.3, 0.4) is 0 Å². The van der Waals surface area contributed by atoms with Gasteiger partial charge in [0, 0.05) is 6.04 Å². The molecule has 0 atom stereocenters. The molecule has 1 heterocycles. The quantitative estimate of drug-likeness (QED) is 0.796. The second-order valence-corrected chi connectivity index (χ2v) is 5.40. The smallest absolute Gasteiger partial charge is 0.378 e. The number of hydrogen-bond donors (Lipinski definition) is 1. The Hall–Kier alpha value is -1.99. The molecule has 2 rings (SSSR count). The zero-order valence-electron chi connectivity index (χ0n) is 12.4. The molecule has 8 nitrogen and oxygen atoms in total. The summed E-state index contributed by atoms with van der Waals surface area (Å²) in [6, 6.07) is 0.205. The third-order valence-electron chi connectivity index (χ3n) is 3.66. The number of amides is 1.